The van der Waals surface area contributed by atoms with Crippen molar-refractivity contribution in [1.82, 2.24) is 9.55 Å². The number of aromatic nitrogens is 2. The lowest BCUT2D eigenvalue weighted by Gasteiger charge is -2.16. The Bertz CT molecular complexity index is 686. The molecule has 1 saturated carbocycles. The lowest BCUT2D eigenvalue weighted by Crippen LogP contribution is -2.11. The lowest BCUT2D eigenvalue weighted by molar-refractivity contribution is 0.0972. The van der Waals surface area contributed by atoms with E-state index < -0.39 is 0 Å². The molecule has 4 nitrogen and oxygen atoms in total. The normalized spacial score (nSPS) is 17.6. The van der Waals surface area contributed by atoms with E-state index in [1.165, 1.54) is 12.8 Å². The van der Waals surface area contributed by atoms with Gasteiger partial charge in [0.2, 0.25) is 0 Å². The summed E-state index contributed by atoms with van der Waals surface area (Å²) < 4.78 is 8.07. The van der Waals surface area contributed by atoms with E-state index in [0.29, 0.717) is 19.1 Å². The summed E-state index contributed by atoms with van der Waals surface area (Å²) in [4.78, 5) is 16.2. The third-order valence-corrected chi connectivity index (χ3v) is 4.30. The minimum atomic E-state index is 0.240. The molecule has 0 atom stereocenters. The highest BCUT2D eigenvalue weighted by molar-refractivity contribution is 5.98. The highest BCUT2D eigenvalue weighted by Crippen LogP contribution is 2.35. The number of hydrogen-bond acceptors (Lipinski definition) is 3. The molecule has 0 saturated heterocycles. The predicted octanol–water partition coefficient (Wildman–Crippen LogP) is 3.32. The smallest absolute Gasteiger partial charge is 0.163 e. The van der Waals surface area contributed by atoms with Crippen LogP contribution in [0.1, 0.15) is 53.3 Å². The second kappa shape index (κ2) is 5.02. The number of imidazole rings is 1. The molecular formula is C17H18N2O2. The first-order valence-electron chi connectivity index (χ1n) is 7.61. The highest BCUT2D eigenvalue weighted by atomic mass is 16.5. The Kier molecular flexibility index (Phi) is 3.02. The van der Waals surface area contributed by atoms with Crippen LogP contribution in [0.4, 0.5) is 0 Å². The van der Waals surface area contributed by atoms with Crippen LogP contribution in [0.25, 0.3) is 0 Å². The van der Waals surface area contributed by atoms with Crippen LogP contribution in [0, 0.1) is 0 Å². The summed E-state index contributed by atoms with van der Waals surface area (Å²) >= 11 is 0. The Hall–Kier alpha value is -2.10. The zero-order valence-corrected chi connectivity index (χ0v) is 11.9. The van der Waals surface area contributed by atoms with Gasteiger partial charge in [-0.15, -0.1) is 0 Å². The molecule has 1 aromatic heterocycles. The fraction of sp³-hybridized carbons (Fsp3) is 0.412. The van der Waals surface area contributed by atoms with E-state index in [2.05, 4.69) is 9.55 Å². The molecule has 4 rings (SSSR count). The van der Waals surface area contributed by atoms with Crippen molar-refractivity contribution in [3.05, 3.63) is 47.5 Å². The van der Waals surface area contributed by atoms with Crippen LogP contribution in [0.3, 0.4) is 0 Å². The Labute approximate surface area is 123 Å². The van der Waals surface area contributed by atoms with Gasteiger partial charge in [0.1, 0.15) is 12.4 Å². The summed E-state index contributed by atoms with van der Waals surface area (Å²) in [6, 6.07) is 6.50. The summed E-state index contributed by atoms with van der Waals surface area (Å²) in [6.07, 6.45) is 8.83. The van der Waals surface area contributed by atoms with Gasteiger partial charge in [0.15, 0.2) is 5.78 Å². The van der Waals surface area contributed by atoms with Crippen molar-refractivity contribution < 1.29 is 9.53 Å². The average molecular weight is 282 g/mol. The van der Waals surface area contributed by atoms with E-state index in [1.807, 2.05) is 30.7 Å². The zero-order chi connectivity index (χ0) is 14.2. The Morgan fingerprint density at radius 2 is 2.19 bits per heavy atom. The van der Waals surface area contributed by atoms with E-state index in [9.17, 15) is 4.79 Å². The number of fused-ring (bicyclic) bond motifs is 1. The number of rotatable bonds is 4. The van der Waals surface area contributed by atoms with Crippen molar-refractivity contribution in [2.45, 2.75) is 44.8 Å². The Balaban J connectivity index is 1.51. The van der Waals surface area contributed by atoms with Crippen molar-refractivity contribution in [3.63, 3.8) is 0 Å². The summed E-state index contributed by atoms with van der Waals surface area (Å²) in [5.74, 6) is 1.01. The first-order chi connectivity index (χ1) is 10.3. The van der Waals surface area contributed by atoms with Gasteiger partial charge in [-0.1, -0.05) is 6.07 Å². The molecule has 2 aliphatic rings. The molecular weight excluding hydrogens is 264 g/mol. The molecule has 4 heteroatoms. The van der Waals surface area contributed by atoms with E-state index >= 15 is 0 Å². The number of Topliss-reactive ketones (excluding diaryl/α,β-unsaturated/α-hetero) is 1. The molecule has 1 fully saturated rings. The van der Waals surface area contributed by atoms with Gasteiger partial charge in [-0.2, -0.15) is 0 Å². The first-order valence-corrected chi connectivity index (χ1v) is 7.61. The van der Waals surface area contributed by atoms with Crippen molar-refractivity contribution in [1.29, 1.82) is 0 Å². The number of benzene rings is 1. The molecule has 0 aliphatic heterocycles. The van der Waals surface area contributed by atoms with E-state index in [-0.39, 0.29) is 5.78 Å². The molecule has 108 valence electrons. The SMILES string of the molecule is O=C1CCCc2ccc(OCc3cncn3C3CC3)cc21. The molecule has 0 spiro atoms. The molecule has 0 unspecified atom stereocenters. The monoisotopic (exact) mass is 282 g/mol. The fourth-order valence-electron chi connectivity index (χ4n) is 2.98. The maximum atomic E-state index is 12.0. The summed E-state index contributed by atoms with van der Waals surface area (Å²) in [5, 5.41) is 0. The number of ketones is 1. The first kappa shape index (κ1) is 12.6. The molecule has 0 radical (unpaired) electrons. The van der Waals surface area contributed by atoms with Crippen LogP contribution in [0.2, 0.25) is 0 Å². The second-order valence-corrected chi connectivity index (χ2v) is 5.91. The van der Waals surface area contributed by atoms with E-state index in [1.54, 1.807) is 0 Å². The van der Waals surface area contributed by atoms with Crippen LogP contribution >= 0.6 is 0 Å². The van der Waals surface area contributed by atoms with Gasteiger partial charge in [0.05, 0.1) is 18.2 Å². The van der Waals surface area contributed by atoms with Crippen molar-refractivity contribution in [2.75, 3.05) is 0 Å². The van der Waals surface area contributed by atoms with Crippen LogP contribution < -0.4 is 4.74 Å². The molecule has 1 heterocycles. The van der Waals surface area contributed by atoms with Crippen LogP contribution in [-0.4, -0.2) is 15.3 Å². The minimum absolute atomic E-state index is 0.240. The van der Waals surface area contributed by atoms with Gasteiger partial charge in [-0.05, 0) is 43.4 Å². The maximum absolute atomic E-state index is 12.0. The number of nitrogens with zero attached hydrogens (tertiary/aromatic N) is 2. The van der Waals surface area contributed by atoms with Crippen molar-refractivity contribution in [3.8, 4) is 5.75 Å². The van der Waals surface area contributed by atoms with Gasteiger partial charge in [-0.3, -0.25) is 4.79 Å². The third-order valence-electron chi connectivity index (χ3n) is 4.30. The molecule has 0 bridgehead atoms. The average Bonchev–Trinajstić information content (AvgIpc) is 3.24. The summed E-state index contributed by atoms with van der Waals surface area (Å²) in [5.41, 5.74) is 3.10. The number of aryl methyl sites for hydroxylation is 1. The van der Waals surface area contributed by atoms with Crippen molar-refractivity contribution in [2.24, 2.45) is 0 Å². The lowest BCUT2D eigenvalue weighted by atomic mass is 9.90. The molecule has 1 aromatic carbocycles. The maximum Gasteiger partial charge on any atom is 0.163 e. The third kappa shape index (κ3) is 2.46. The van der Waals surface area contributed by atoms with Crippen LogP contribution in [0.5, 0.6) is 5.75 Å². The van der Waals surface area contributed by atoms with Crippen molar-refractivity contribution >= 4 is 5.78 Å². The molecule has 21 heavy (non-hydrogen) atoms. The minimum Gasteiger partial charge on any atom is -0.487 e. The number of carbonyl (C=O) groups excluding carboxylic acids is 1. The number of ether oxygens (including phenoxy) is 1. The quantitative estimate of drug-likeness (QED) is 0.864. The van der Waals surface area contributed by atoms with Crippen LogP contribution in [-0.2, 0) is 13.0 Å². The van der Waals surface area contributed by atoms with Gasteiger partial charge in [0, 0.05) is 18.0 Å². The standard InChI is InChI=1S/C17H18N2O2/c20-17-3-1-2-12-4-7-15(8-16(12)17)21-10-14-9-18-11-19(14)13-5-6-13/h4,7-9,11,13H,1-3,5-6,10H2. The zero-order valence-electron chi connectivity index (χ0n) is 11.9. The predicted molar refractivity (Wildman–Crippen MR) is 78.5 cm³/mol. The Morgan fingerprint density at radius 1 is 1.29 bits per heavy atom. The van der Waals surface area contributed by atoms with Gasteiger partial charge in [0.25, 0.3) is 0 Å². The molecule has 2 aromatic rings. The topological polar surface area (TPSA) is 44.1 Å². The number of hydrogen-bond donors (Lipinski definition) is 0. The van der Waals surface area contributed by atoms with E-state index in [0.717, 1.165) is 35.4 Å². The second-order valence-electron chi connectivity index (χ2n) is 5.91. The Morgan fingerprint density at radius 3 is 3.05 bits per heavy atom. The largest absolute Gasteiger partial charge is 0.487 e. The molecule has 0 amide bonds. The highest BCUT2D eigenvalue weighted by Gasteiger charge is 2.25. The number of carbonyl (C=O) groups is 1. The molecule has 2 aliphatic carbocycles. The fourth-order valence-corrected chi connectivity index (χ4v) is 2.98. The molecule has 0 N–H and O–H groups in total. The van der Waals surface area contributed by atoms with E-state index in [4.69, 9.17) is 4.74 Å². The van der Waals surface area contributed by atoms with Crippen LogP contribution in [0.15, 0.2) is 30.7 Å². The summed E-state index contributed by atoms with van der Waals surface area (Å²) in [7, 11) is 0. The summed E-state index contributed by atoms with van der Waals surface area (Å²) in [6.45, 7) is 0.503. The van der Waals surface area contributed by atoms with Gasteiger partial charge < -0.3 is 9.30 Å². The van der Waals surface area contributed by atoms with Gasteiger partial charge >= 0.3 is 0 Å². The van der Waals surface area contributed by atoms with Gasteiger partial charge in [-0.25, -0.2) is 4.98 Å².